The molecule has 1 heterocycles. The monoisotopic (exact) mass is 415 g/mol. The predicted molar refractivity (Wildman–Crippen MR) is 124 cm³/mol. The van der Waals surface area contributed by atoms with Gasteiger partial charge in [0.25, 0.3) is 0 Å². The highest BCUT2D eigenvalue weighted by molar-refractivity contribution is 5.85. The molecule has 0 spiro atoms. The largest absolute Gasteiger partial charge is 0.335 e. The van der Waals surface area contributed by atoms with Crippen LogP contribution in [0, 0.1) is 0 Å². The summed E-state index contributed by atoms with van der Waals surface area (Å²) in [5, 5.41) is 8.85. The molecule has 1 amide bonds. The molecule has 31 heavy (non-hydrogen) atoms. The smallest absolute Gasteiger partial charge is 0.240 e. The lowest BCUT2D eigenvalue weighted by atomic mass is 9.94. The zero-order valence-corrected chi connectivity index (χ0v) is 17.8. The van der Waals surface area contributed by atoms with Crippen molar-refractivity contribution >= 4 is 23.0 Å². The Labute approximate surface area is 183 Å². The number of likely N-dealkylation sites (N-methyl/N-ethyl adjacent to an activating group) is 1. The zero-order chi connectivity index (χ0) is 21.6. The number of rotatable bonds is 7. The van der Waals surface area contributed by atoms with Crippen molar-refractivity contribution < 1.29 is 9.59 Å². The Morgan fingerprint density at radius 1 is 1.06 bits per heavy atom. The van der Waals surface area contributed by atoms with Crippen molar-refractivity contribution in [3.63, 3.8) is 0 Å². The van der Waals surface area contributed by atoms with Gasteiger partial charge in [0.05, 0.1) is 18.1 Å². The fourth-order valence-electron chi connectivity index (χ4n) is 4.47. The lowest BCUT2D eigenvalue weighted by Crippen LogP contribution is -2.63. The number of benzene rings is 3. The zero-order valence-electron chi connectivity index (χ0n) is 17.8. The van der Waals surface area contributed by atoms with E-state index in [1.54, 1.807) is 0 Å². The summed E-state index contributed by atoms with van der Waals surface area (Å²) < 4.78 is 0. The van der Waals surface area contributed by atoms with Crippen molar-refractivity contribution in [2.45, 2.75) is 31.0 Å². The van der Waals surface area contributed by atoms with Gasteiger partial charge in [-0.15, -0.1) is 0 Å². The van der Waals surface area contributed by atoms with Gasteiger partial charge in [0.1, 0.15) is 6.29 Å². The molecule has 4 rings (SSSR count). The number of hydrogen-bond donors (Lipinski definition) is 2. The molecule has 0 saturated carbocycles. The molecular formula is C26H29N3O2. The van der Waals surface area contributed by atoms with Gasteiger partial charge in [-0.1, -0.05) is 72.8 Å². The number of nitrogens with zero attached hydrogens (tertiary/aromatic N) is 1. The SMILES string of the molecule is CN[C@H](Cc1ccc2ccccc2c1)C(=O)N1CCNC(C=O)[C@H]1Cc1ccccc1. The summed E-state index contributed by atoms with van der Waals surface area (Å²) in [6.45, 7) is 1.21. The van der Waals surface area contributed by atoms with Crippen LogP contribution in [0.1, 0.15) is 11.1 Å². The molecule has 2 N–H and O–H groups in total. The van der Waals surface area contributed by atoms with E-state index < -0.39 is 0 Å². The Morgan fingerprint density at radius 2 is 1.81 bits per heavy atom. The van der Waals surface area contributed by atoms with E-state index in [9.17, 15) is 9.59 Å². The van der Waals surface area contributed by atoms with Gasteiger partial charge in [-0.05, 0) is 41.8 Å². The predicted octanol–water partition coefficient (Wildman–Crippen LogP) is 2.58. The van der Waals surface area contributed by atoms with Crippen LogP contribution in [0.5, 0.6) is 0 Å². The van der Waals surface area contributed by atoms with Crippen LogP contribution in [0.4, 0.5) is 0 Å². The molecule has 1 fully saturated rings. The van der Waals surface area contributed by atoms with Crippen LogP contribution in [-0.2, 0) is 22.4 Å². The Kier molecular flexibility index (Phi) is 6.75. The van der Waals surface area contributed by atoms with Gasteiger partial charge in [-0.3, -0.25) is 4.79 Å². The number of piperazine rings is 1. The fourth-order valence-corrected chi connectivity index (χ4v) is 4.47. The molecule has 3 aromatic carbocycles. The summed E-state index contributed by atoms with van der Waals surface area (Å²) in [6.07, 6.45) is 2.19. The Balaban J connectivity index is 1.55. The van der Waals surface area contributed by atoms with Crippen molar-refractivity contribution in [2.24, 2.45) is 0 Å². The molecule has 1 saturated heterocycles. The quantitative estimate of drug-likeness (QED) is 0.583. The Morgan fingerprint density at radius 3 is 2.55 bits per heavy atom. The van der Waals surface area contributed by atoms with E-state index in [4.69, 9.17) is 0 Å². The summed E-state index contributed by atoms with van der Waals surface area (Å²) in [7, 11) is 1.83. The third-order valence-corrected chi connectivity index (χ3v) is 6.17. The minimum absolute atomic E-state index is 0.0462. The second-order valence-electron chi connectivity index (χ2n) is 8.13. The average molecular weight is 416 g/mol. The molecule has 1 aliphatic rings. The Bertz CT molecular complexity index is 1040. The maximum Gasteiger partial charge on any atom is 0.240 e. The highest BCUT2D eigenvalue weighted by Crippen LogP contribution is 2.20. The van der Waals surface area contributed by atoms with Gasteiger partial charge in [-0.25, -0.2) is 0 Å². The third-order valence-electron chi connectivity index (χ3n) is 6.17. The van der Waals surface area contributed by atoms with Gasteiger partial charge in [0.2, 0.25) is 5.91 Å². The number of aldehydes is 1. The molecule has 0 aliphatic carbocycles. The summed E-state index contributed by atoms with van der Waals surface area (Å²) in [5.74, 6) is 0.0462. The lowest BCUT2D eigenvalue weighted by Gasteiger charge is -2.41. The molecule has 5 nitrogen and oxygen atoms in total. The highest BCUT2D eigenvalue weighted by atomic mass is 16.2. The van der Waals surface area contributed by atoms with Crippen molar-refractivity contribution in [1.29, 1.82) is 0 Å². The second kappa shape index (κ2) is 9.86. The first-order chi connectivity index (χ1) is 15.2. The molecular weight excluding hydrogens is 386 g/mol. The second-order valence-corrected chi connectivity index (χ2v) is 8.13. The van der Waals surface area contributed by atoms with Gasteiger partial charge in [0, 0.05) is 13.1 Å². The maximum atomic E-state index is 13.6. The van der Waals surface area contributed by atoms with Crippen LogP contribution in [0.3, 0.4) is 0 Å². The van der Waals surface area contributed by atoms with Crippen LogP contribution in [0.2, 0.25) is 0 Å². The van der Waals surface area contributed by atoms with Crippen molar-refractivity contribution in [1.82, 2.24) is 15.5 Å². The van der Waals surface area contributed by atoms with Gasteiger partial charge in [-0.2, -0.15) is 0 Å². The summed E-state index contributed by atoms with van der Waals surface area (Å²) >= 11 is 0. The number of carbonyl (C=O) groups excluding carboxylic acids is 2. The van der Waals surface area contributed by atoms with Crippen LogP contribution in [0.15, 0.2) is 72.8 Å². The Hall–Kier alpha value is -3.02. The normalized spacial score (nSPS) is 19.8. The fraction of sp³-hybridized carbons (Fsp3) is 0.308. The van der Waals surface area contributed by atoms with Crippen LogP contribution >= 0.6 is 0 Å². The molecule has 0 radical (unpaired) electrons. The summed E-state index contributed by atoms with van der Waals surface area (Å²) in [4.78, 5) is 27.2. The highest BCUT2D eigenvalue weighted by Gasteiger charge is 2.36. The molecule has 0 aromatic heterocycles. The van der Waals surface area contributed by atoms with E-state index in [-0.39, 0.29) is 24.0 Å². The van der Waals surface area contributed by atoms with Crippen LogP contribution < -0.4 is 10.6 Å². The lowest BCUT2D eigenvalue weighted by molar-refractivity contribution is -0.138. The molecule has 3 atom stereocenters. The van der Waals surface area contributed by atoms with E-state index in [1.165, 1.54) is 10.8 Å². The maximum absolute atomic E-state index is 13.6. The first-order valence-corrected chi connectivity index (χ1v) is 10.9. The van der Waals surface area contributed by atoms with Crippen LogP contribution in [-0.4, -0.2) is 55.4 Å². The standard InChI is InChI=1S/C26H29N3O2/c1-27-23(16-20-11-12-21-9-5-6-10-22(21)15-20)26(31)29-14-13-28-24(18-30)25(29)17-19-7-3-2-4-8-19/h2-12,15,18,23-25,27-28H,13-14,16-17H2,1H3/t23-,24?,25-/m1/s1. The minimum Gasteiger partial charge on any atom is -0.335 e. The van der Waals surface area contributed by atoms with E-state index in [2.05, 4.69) is 41.0 Å². The topological polar surface area (TPSA) is 61.4 Å². The van der Waals surface area contributed by atoms with Crippen molar-refractivity contribution in [2.75, 3.05) is 20.1 Å². The van der Waals surface area contributed by atoms with E-state index in [0.717, 1.165) is 17.4 Å². The summed E-state index contributed by atoms with van der Waals surface area (Å²) in [6, 6.07) is 23.7. The van der Waals surface area contributed by atoms with Crippen molar-refractivity contribution in [3.05, 3.63) is 83.9 Å². The number of carbonyl (C=O) groups is 2. The van der Waals surface area contributed by atoms with E-state index in [0.29, 0.717) is 25.9 Å². The van der Waals surface area contributed by atoms with Gasteiger partial charge in [0.15, 0.2) is 0 Å². The molecule has 3 aromatic rings. The van der Waals surface area contributed by atoms with E-state index in [1.807, 2.05) is 54.4 Å². The van der Waals surface area contributed by atoms with Crippen molar-refractivity contribution in [3.8, 4) is 0 Å². The number of fused-ring (bicyclic) bond motifs is 1. The molecule has 0 bridgehead atoms. The third kappa shape index (κ3) is 4.84. The first kappa shape index (κ1) is 21.2. The van der Waals surface area contributed by atoms with E-state index >= 15 is 0 Å². The summed E-state index contributed by atoms with van der Waals surface area (Å²) in [5.41, 5.74) is 2.24. The molecule has 5 heteroatoms. The van der Waals surface area contributed by atoms with Crippen LogP contribution in [0.25, 0.3) is 10.8 Å². The molecule has 1 unspecified atom stereocenters. The molecule has 1 aliphatic heterocycles. The minimum atomic E-state index is -0.365. The van der Waals surface area contributed by atoms with Gasteiger partial charge >= 0.3 is 0 Å². The number of hydrogen-bond acceptors (Lipinski definition) is 4. The number of amides is 1. The average Bonchev–Trinajstić information content (AvgIpc) is 2.82. The first-order valence-electron chi connectivity index (χ1n) is 10.9. The molecule has 160 valence electrons. The number of nitrogens with one attached hydrogen (secondary N) is 2. The van der Waals surface area contributed by atoms with Gasteiger partial charge < -0.3 is 20.3 Å².